The molecule has 7 heteroatoms. The average molecular weight is 372 g/mol. The topological polar surface area (TPSA) is 35.6 Å². The molecule has 2 aromatic heterocycles. The minimum absolute atomic E-state index is 0.242. The maximum absolute atomic E-state index is 13.9. The highest BCUT2D eigenvalue weighted by Crippen LogP contribution is 2.28. The lowest BCUT2D eigenvalue weighted by molar-refractivity contribution is 0.622. The maximum Gasteiger partial charge on any atom is 0.139 e. The summed E-state index contributed by atoms with van der Waals surface area (Å²) in [5.74, 6) is 0.588. The van der Waals surface area contributed by atoms with Crippen LogP contribution >= 0.6 is 27.5 Å². The number of rotatable bonds is 3. The molecule has 0 N–H and O–H groups in total. The second-order valence-electron chi connectivity index (χ2n) is 4.74. The molecule has 0 saturated carbocycles. The Kier molecular flexibility index (Phi) is 3.75. The molecule has 1 aromatic carbocycles. The second-order valence-corrected chi connectivity index (χ2v) is 5.86. The fraction of sp³-hybridized carbons (Fsp3) is 0.286. The first-order valence-electron chi connectivity index (χ1n) is 6.50. The molecule has 0 radical (unpaired) electrons. The molecule has 0 fully saturated rings. The number of aromatic nitrogens is 4. The molecule has 0 amide bonds. The molecule has 4 nitrogen and oxygen atoms in total. The zero-order valence-corrected chi connectivity index (χ0v) is 13.9. The van der Waals surface area contributed by atoms with Gasteiger partial charge in [0.2, 0.25) is 0 Å². The summed E-state index contributed by atoms with van der Waals surface area (Å²) in [6, 6.07) is 3.13. The fourth-order valence-electron chi connectivity index (χ4n) is 2.44. The van der Waals surface area contributed by atoms with Crippen LogP contribution in [0.3, 0.4) is 0 Å². The van der Waals surface area contributed by atoms with Crippen LogP contribution in [-0.2, 0) is 19.3 Å². The smallest absolute Gasteiger partial charge is 0.139 e. The summed E-state index contributed by atoms with van der Waals surface area (Å²) >= 11 is 9.21. The number of alkyl halides is 1. The van der Waals surface area contributed by atoms with Crippen LogP contribution in [0.4, 0.5) is 4.39 Å². The Bertz CT molecular complexity index is 824. The van der Waals surface area contributed by atoms with Crippen LogP contribution < -0.4 is 0 Å². The van der Waals surface area contributed by atoms with Crippen LogP contribution in [0.1, 0.15) is 18.4 Å². The van der Waals surface area contributed by atoms with Crippen molar-refractivity contribution < 1.29 is 4.39 Å². The normalized spacial score (nSPS) is 11.5. The van der Waals surface area contributed by atoms with E-state index in [4.69, 9.17) is 11.6 Å². The van der Waals surface area contributed by atoms with Crippen molar-refractivity contribution in [1.29, 1.82) is 0 Å². The molecule has 0 bridgehead atoms. The average Bonchev–Trinajstić information content (AvgIpc) is 2.99. The predicted octanol–water partition coefficient (Wildman–Crippen LogP) is 3.96. The zero-order chi connectivity index (χ0) is 15.1. The third-order valence-corrected chi connectivity index (χ3v) is 4.19. The zero-order valence-electron chi connectivity index (χ0n) is 11.6. The van der Waals surface area contributed by atoms with E-state index in [0.717, 1.165) is 17.8 Å². The Hall–Kier alpha value is -1.40. The van der Waals surface area contributed by atoms with Gasteiger partial charge in [-0.1, -0.05) is 6.92 Å². The van der Waals surface area contributed by atoms with E-state index in [1.165, 1.54) is 6.07 Å². The van der Waals surface area contributed by atoms with Gasteiger partial charge in [-0.15, -0.1) is 11.6 Å². The maximum atomic E-state index is 13.9. The number of hydrogen-bond acceptors (Lipinski definition) is 2. The number of hydrogen-bond donors (Lipinski definition) is 0. The molecule has 110 valence electrons. The van der Waals surface area contributed by atoms with Gasteiger partial charge >= 0.3 is 0 Å². The first-order chi connectivity index (χ1) is 10.0. The summed E-state index contributed by atoms with van der Waals surface area (Å²) in [5, 5.41) is 4.43. The van der Waals surface area contributed by atoms with Crippen LogP contribution in [0.5, 0.6) is 0 Å². The quantitative estimate of drug-likeness (QED) is 0.653. The molecule has 2 heterocycles. The van der Waals surface area contributed by atoms with E-state index in [1.807, 2.05) is 24.7 Å². The highest BCUT2D eigenvalue weighted by atomic mass is 79.9. The lowest BCUT2D eigenvalue weighted by Crippen LogP contribution is -2.01. The van der Waals surface area contributed by atoms with E-state index in [0.29, 0.717) is 21.3 Å². The van der Waals surface area contributed by atoms with Gasteiger partial charge in [0.25, 0.3) is 0 Å². The van der Waals surface area contributed by atoms with Crippen LogP contribution in [0, 0.1) is 5.82 Å². The van der Waals surface area contributed by atoms with Gasteiger partial charge in [-0.05, 0) is 28.4 Å². The lowest BCUT2D eigenvalue weighted by atomic mass is 10.2. The van der Waals surface area contributed by atoms with E-state index in [-0.39, 0.29) is 11.7 Å². The first kappa shape index (κ1) is 14.5. The number of halogens is 3. The summed E-state index contributed by atoms with van der Waals surface area (Å²) in [6.45, 7) is 2.03. The Morgan fingerprint density at radius 1 is 1.38 bits per heavy atom. The number of aryl methyl sites for hydroxylation is 2. The molecular weight excluding hydrogens is 359 g/mol. The molecule has 0 aliphatic rings. The Morgan fingerprint density at radius 2 is 2.14 bits per heavy atom. The third-order valence-electron chi connectivity index (χ3n) is 3.34. The number of fused-ring (bicyclic) bond motifs is 1. The molecule has 0 aliphatic heterocycles. The number of benzene rings is 1. The minimum atomic E-state index is -0.327. The van der Waals surface area contributed by atoms with Crippen molar-refractivity contribution in [3.8, 4) is 5.69 Å². The van der Waals surface area contributed by atoms with Crippen molar-refractivity contribution in [3.63, 3.8) is 0 Å². The summed E-state index contributed by atoms with van der Waals surface area (Å²) in [5.41, 5.74) is 3.20. The van der Waals surface area contributed by atoms with Gasteiger partial charge in [0.1, 0.15) is 11.6 Å². The van der Waals surface area contributed by atoms with E-state index in [1.54, 1.807) is 10.7 Å². The monoisotopic (exact) mass is 370 g/mol. The Morgan fingerprint density at radius 3 is 2.81 bits per heavy atom. The van der Waals surface area contributed by atoms with Gasteiger partial charge in [-0.25, -0.2) is 9.37 Å². The van der Waals surface area contributed by atoms with Gasteiger partial charge < -0.3 is 0 Å². The lowest BCUT2D eigenvalue weighted by Gasteiger charge is -2.07. The molecule has 0 unspecified atom stereocenters. The molecule has 3 aromatic rings. The van der Waals surface area contributed by atoms with E-state index < -0.39 is 0 Å². The molecule has 21 heavy (non-hydrogen) atoms. The van der Waals surface area contributed by atoms with E-state index in [2.05, 4.69) is 26.0 Å². The highest BCUT2D eigenvalue weighted by molar-refractivity contribution is 9.10. The van der Waals surface area contributed by atoms with Crippen molar-refractivity contribution >= 4 is 38.6 Å². The molecule has 0 spiro atoms. The van der Waals surface area contributed by atoms with Gasteiger partial charge in [0, 0.05) is 19.3 Å². The fourth-order valence-corrected chi connectivity index (χ4v) is 2.95. The largest absolute Gasteiger partial charge is 0.292 e. The van der Waals surface area contributed by atoms with Crippen molar-refractivity contribution in [2.45, 2.75) is 19.2 Å². The second kappa shape index (κ2) is 5.42. The first-order valence-corrected chi connectivity index (χ1v) is 7.83. The van der Waals surface area contributed by atoms with Crippen LogP contribution in [0.25, 0.3) is 16.7 Å². The van der Waals surface area contributed by atoms with Crippen molar-refractivity contribution in [3.05, 3.63) is 40.1 Å². The molecular formula is C14H13BrClFN4. The van der Waals surface area contributed by atoms with Crippen molar-refractivity contribution in [1.82, 2.24) is 19.3 Å². The van der Waals surface area contributed by atoms with Crippen molar-refractivity contribution in [2.75, 3.05) is 0 Å². The SMILES string of the molecule is CCc1nn(C)cc1-n1c(CCl)nc2cc(Br)c(F)cc21. The summed E-state index contributed by atoms with van der Waals surface area (Å²) in [6.07, 6.45) is 2.67. The number of imidazole rings is 1. The molecule has 0 atom stereocenters. The van der Waals surface area contributed by atoms with Crippen LogP contribution in [0.2, 0.25) is 0 Å². The van der Waals surface area contributed by atoms with Crippen LogP contribution in [0.15, 0.2) is 22.8 Å². The highest BCUT2D eigenvalue weighted by Gasteiger charge is 2.18. The summed E-state index contributed by atoms with van der Waals surface area (Å²) in [4.78, 5) is 4.49. The molecule has 0 saturated heterocycles. The van der Waals surface area contributed by atoms with Gasteiger partial charge in [-0.3, -0.25) is 9.25 Å². The van der Waals surface area contributed by atoms with Crippen LogP contribution in [-0.4, -0.2) is 19.3 Å². The van der Waals surface area contributed by atoms with E-state index >= 15 is 0 Å². The van der Waals surface area contributed by atoms with E-state index in [9.17, 15) is 4.39 Å². The Labute approximate surface area is 134 Å². The third kappa shape index (κ3) is 2.36. The van der Waals surface area contributed by atoms with Crippen molar-refractivity contribution in [2.24, 2.45) is 7.05 Å². The minimum Gasteiger partial charge on any atom is -0.292 e. The number of nitrogens with zero attached hydrogens (tertiary/aromatic N) is 4. The summed E-state index contributed by atoms with van der Waals surface area (Å²) in [7, 11) is 1.86. The standard InChI is InChI=1S/C14H13BrClFN4/c1-3-10-13(7-20(2)19-10)21-12-5-9(17)8(15)4-11(12)18-14(21)6-16/h4-5,7H,3,6H2,1-2H3. The predicted molar refractivity (Wildman–Crippen MR) is 84.4 cm³/mol. The summed E-state index contributed by atoms with van der Waals surface area (Å²) < 4.78 is 17.9. The Balaban J connectivity index is 2.36. The van der Waals surface area contributed by atoms with Gasteiger partial charge in [0.15, 0.2) is 0 Å². The van der Waals surface area contributed by atoms with Gasteiger partial charge in [0.05, 0.1) is 32.8 Å². The molecule has 3 rings (SSSR count). The van der Waals surface area contributed by atoms with Gasteiger partial charge in [-0.2, -0.15) is 5.10 Å². The molecule has 0 aliphatic carbocycles.